The topological polar surface area (TPSA) is 64.7 Å². The number of rotatable bonds is 7. The van der Waals surface area contributed by atoms with Crippen LogP contribution in [0.15, 0.2) is 75.6 Å². The molecule has 0 N–H and O–H groups in total. The van der Waals surface area contributed by atoms with Gasteiger partial charge in [0.2, 0.25) is 0 Å². The molecule has 0 atom stereocenters. The molecule has 0 aliphatic carbocycles. The van der Waals surface area contributed by atoms with E-state index < -0.39 is 4.92 Å². The quantitative estimate of drug-likeness (QED) is 0.208. The maximum absolute atomic E-state index is 11.5. The lowest BCUT2D eigenvalue weighted by atomic mass is 10.2. The zero-order valence-corrected chi connectivity index (χ0v) is 17.8. The van der Waals surface area contributed by atoms with E-state index in [4.69, 9.17) is 39.6 Å². The van der Waals surface area contributed by atoms with Crippen molar-refractivity contribution in [3.63, 3.8) is 0 Å². The molecule has 0 saturated heterocycles. The van der Waals surface area contributed by atoms with Crippen LogP contribution in [0, 0.1) is 10.1 Å². The third-order valence-electron chi connectivity index (χ3n) is 3.73. The van der Waals surface area contributed by atoms with Gasteiger partial charge in [-0.15, -0.1) is 0 Å². The molecule has 5 nitrogen and oxygen atoms in total. The molecule has 0 aliphatic rings. The molecular weight excluding hydrogens is 455 g/mol. The van der Waals surface area contributed by atoms with Crippen LogP contribution in [0.2, 0.25) is 15.1 Å². The minimum absolute atomic E-state index is 0.0188. The summed E-state index contributed by atoms with van der Waals surface area (Å²) in [4.78, 5) is 17.6. The summed E-state index contributed by atoms with van der Waals surface area (Å²) in [5.41, 5.74) is 1.25. The first-order chi connectivity index (χ1) is 13.9. The van der Waals surface area contributed by atoms with Crippen LogP contribution in [0.5, 0.6) is 0 Å². The number of hydrogen-bond acceptors (Lipinski definition) is 5. The molecule has 0 saturated carbocycles. The molecule has 0 bridgehead atoms. The van der Waals surface area contributed by atoms with E-state index in [1.807, 2.05) is 12.1 Å². The summed E-state index contributed by atoms with van der Waals surface area (Å²) in [5.74, 6) is 0. The van der Waals surface area contributed by atoms with E-state index in [1.165, 1.54) is 24.0 Å². The zero-order valence-electron chi connectivity index (χ0n) is 14.7. The molecule has 148 valence electrons. The van der Waals surface area contributed by atoms with Crippen molar-refractivity contribution < 1.29 is 9.76 Å². The highest BCUT2D eigenvalue weighted by Crippen LogP contribution is 2.35. The highest BCUT2D eigenvalue weighted by atomic mass is 35.5. The molecule has 0 amide bonds. The summed E-state index contributed by atoms with van der Waals surface area (Å²) in [7, 11) is 0. The van der Waals surface area contributed by atoms with E-state index in [-0.39, 0.29) is 12.3 Å². The van der Waals surface area contributed by atoms with Crippen molar-refractivity contribution in [2.24, 2.45) is 5.16 Å². The number of nitro benzene ring substituents is 1. The SMILES string of the molecule is O=[N+]([O-])c1cc(/C=N/OCc2ccc(Cl)cc2Cl)ccc1Sc1ccc(Cl)cc1. The van der Waals surface area contributed by atoms with Gasteiger partial charge in [-0.2, -0.15) is 0 Å². The van der Waals surface area contributed by atoms with E-state index in [0.717, 1.165) is 10.5 Å². The lowest BCUT2D eigenvalue weighted by molar-refractivity contribution is -0.387. The van der Waals surface area contributed by atoms with Crippen LogP contribution in [0.25, 0.3) is 0 Å². The van der Waals surface area contributed by atoms with Crippen LogP contribution in [-0.2, 0) is 11.4 Å². The van der Waals surface area contributed by atoms with Crippen molar-refractivity contribution in [1.82, 2.24) is 0 Å². The van der Waals surface area contributed by atoms with Gasteiger partial charge in [0.15, 0.2) is 0 Å². The van der Waals surface area contributed by atoms with Gasteiger partial charge >= 0.3 is 0 Å². The smallest absolute Gasteiger partial charge is 0.283 e. The maximum atomic E-state index is 11.5. The summed E-state index contributed by atoms with van der Waals surface area (Å²) >= 11 is 19.1. The summed E-state index contributed by atoms with van der Waals surface area (Å²) in [6.07, 6.45) is 1.41. The van der Waals surface area contributed by atoms with E-state index in [1.54, 1.807) is 42.5 Å². The van der Waals surface area contributed by atoms with Crippen LogP contribution >= 0.6 is 46.6 Å². The van der Waals surface area contributed by atoms with Gasteiger partial charge in [0.05, 0.1) is 16.0 Å². The van der Waals surface area contributed by atoms with E-state index >= 15 is 0 Å². The largest absolute Gasteiger partial charge is 0.391 e. The second-order valence-corrected chi connectivity index (χ2v) is 8.18. The van der Waals surface area contributed by atoms with E-state index in [9.17, 15) is 10.1 Å². The van der Waals surface area contributed by atoms with Crippen molar-refractivity contribution in [3.05, 3.63) is 97.0 Å². The second kappa shape index (κ2) is 9.98. The number of hydrogen-bond donors (Lipinski definition) is 0. The van der Waals surface area contributed by atoms with E-state index in [0.29, 0.717) is 25.5 Å². The predicted octanol–water partition coefficient (Wildman–Crippen LogP) is 7.26. The third-order valence-corrected chi connectivity index (χ3v) is 5.64. The Morgan fingerprint density at radius 3 is 2.41 bits per heavy atom. The molecular formula is C20H13Cl3N2O3S. The molecule has 3 aromatic rings. The molecule has 3 aromatic carbocycles. The standard InChI is InChI=1S/C20H13Cl3N2O3S/c21-15-4-6-17(7-5-15)29-20-8-1-13(9-19(20)25(26)27)11-24-28-12-14-2-3-16(22)10-18(14)23/h1-11H,12H2/b24-11+. The van der Waals surface area contributed by atoms with Gasteiger partial charge < -0.3 is 4.84 Å². The van der Waals surface area contributed by atoms with Gasteiger partial charge in [-0.05, 0) is 42.5 Å². The van der Waals surface area contributed by atoms with Gasteiger partial charge in [-0.25, -0.2) is 0 Å². The highest BCUT2D eigenvalue weighted by Gasteiger charge is 2.15. The average molecular weight is 468 g/mol. The highest BCUT2D eigenvalue weighted by molar-refractivity contribution is 7.99. The molecule has 0 radical (unpaired) electrons. The third kappa shape index (κ3) is 6.11. The number of benzene rings is 3. The number of oxime groups is 1. The molecule has 0 aliphatic heterocycles. The Hall–Kier alpha value is -2.25. The first kappa shape index (κ1) is 21.5. The minimum atomic E-state index is -0.427. The molecule has 0 unspecified atom stereocenters. The Morgan fingerprint density at radius 2 is 1.72 bits per heavy atom. The monoisotopic (exact) mass is 466 g/mol. The summed E-state index contributed by atoms with van der Waals surface area (Å²) < 4.78 is 0. The first-order valence-electron chi connectivity index (χ1n) is 8.23. The molecule has 3 rings (SSSR count). The normalized spacial score (nSPS) is 11.0. The zero-order chi connectivity index (χ0) is 20.8. The molecule has 0 aromatic heterocycles. The molecule has 29 heavy (non-hydrogen) atoms. The minimum Gasteiger partial charge on any atom is -0.391 e. The fraction of sp³-hybridized carbons (Fsp3) is 0.0500. The van der Waals surface area contributed by atoms with Crippen molar-refractivity contribution >= 4 is 58.5 Å². The van der Waals surface area contributed by atoms with Crippen LogP contribution in [0.3, 0.4) is 0 Å². The molecule has 9 heteroatoms. The van der Waals surface area contributed by atoms with E-state index in [2.05, 4.69) is 5.16 Å². The Morgan fingerprint density at radius 1 is 1.00 bits per heavy atom. The van der Waals surface area contributed by atoms with Crippen LogP contribution < -0.4 is 0 Å². The Labute approximate surface area is 186 Å². The van der Waals surface area contributed by atoms with Crippen molar-refractivity contribution in [1.29, 1.82) is 0 Å². The lowest BCUT2D eigenvalue weighted by Gasteiger charge is -2.05. The van der Waals surface area contributed by atoms with Crippen LogP contribution in [-0.4, -0.2) is 11.1 Å². The molecule has 0 fully saturated rings. The number of nitro groups is 1. The van der Waals surface area contributed by atoms with Gasteiger partial charge in [-0.3, -0.25) is 10.1 Å². The number of halogens is 3. The Bertz CT molecular complexity index is 1060. The molecule has 0 spiro atoms. The summed E-state index contributed by atoms with van der Waals surface area (Å²) in [5, 5.41) is 17.0. The van der Waals surface area contributed by atoms with Crippen LogP contribution in [0.4, 0.5) is 5.69 Å². The second-order valence-electron chi connectivity index (χ2n) is 5.78. The van der Waals surface area contributed by atoms with Crippen molar-refractivity contribution in [2.75, 3.05) is 0 Å². The Balaban J connectivity index is 1.69. The number of nitrogens with zero attached hydrogens (tertiary/aromatic N) is 2. The Kier molecular flexibility index (Phi) is 7.39. The van der Waals surface area contributed by atoms with Crippen LogP contribution in [0.1, 0.15) is 11.1 Å². The fourth-order valence-corrected chi connectivity index (χ4v) is 3.81. The van der Waals surface area contributed by atoms with Crippen molar-refractivity contribution in [3.8, 4) is 0 Å². The average Bonchev–Trinajstić information content (AvgIpc) is 2.69. The molecule has 0 heterocycles. The summed E-state index contributed by atoms with van der Waals surface area (Å²) in [6.45, 7) is 0.152. The first-order valence-corrected chi connectivity index (χ1v) is 10.2. The lowest BCUT2D eigenvalue weighted by Crippen LogP contribution is -1.94. The fourth-order valence-electron chi connectivity index (χ4n) is 2.32. The van der Waals surface area contributed by atoms with Crippen molar-refractivity contribution in [2.45, 2.75) is 16.4 Å². The van der Waals surface area contributed by atoms with Gasteiger partial charge in [-0.1, -0.05) is 63.9 Å². The summed E-state index contributed by atoms with van der Waals surface area (Å²) in [6, 6.07) is 17.0. The van der Waals surface area contributed by atoms with Gasteiger partial charge in [0.25, 0.3) is 5.69 Å². The predicted molar refractivity (Wildman–Crippen MR) is 118 cm³/mol. The van der Waals surface area contributed by atoms with Gasteiger partial charge in [0.1, 0.15) is 6.61 Å². The maximum Gasteiger partial charge on any atom is 0.283 e. The van der Waals surface area contributed by atoms with Gasteiger partial charge in [0, 0.05) is 37.2 Å².